The normalized spacial score (nSPS) is 22.4. The number of methoxy groups -OCH3 is 2. The first-order chi connectivity index (χ1) is 10.2. The largest absolute Gasteiger partial charge is 0.468 e. The van der Waals surface area contributed by atoms with Crippen molar-refractivity contribution < 1.29 is 28.6 Å². The number of amides is 1. The molecular formula is C15H25NO6. The van der Waals surface area contributed by atoms with Gasteiger partial charge in [-0.2, -0.15) is 0 Å². The number of ketones is 1. The number of nitrogens with zero attached hydrogens (tertiary/aromatic N) is 1. The lowest BCUT2D eigenvalue weighted by atomic mass is 9.86. The summed E-state index contributed by atoms with van der Waals surface area (Å²) in [4.78, 5) is 37.7. The van der Waals surface area contributed by atoms with Crippen LogP contribution in [-0.4, -0.2) is 62.3 Å². The van der Waals surface area contributed by atoms with Gasteiger partial charge in [0.05, 0.1) is 7.11 Å². The molecule has 1 heterocycles. The Hall–Kier alpha value is -1.63. The van der Waals surface area contributed by atoms with E-state index in [1.165, 1.54) is 19.1 Å². The summed E-state index contributed by atoms with van der Waals surface area (Å²) in [5.41, 5.74) is -0.638. The molecule has 1 saturated heterocycles. The number of ether oxygens (including phenoxy) is 3. The van der Waals surface area contributed by atoms with Gasteiger partial charge in [-0.15, -0.1) is 0 Å². The standard InChI is InChI=1S/C15H25NO6/c1-15(2,3)22-14(19)16-8-10(6-7-20-4)12(17)11(9-16)13(18)21-5/h10-11H,6-9H2,1-5H3. The molecule has 1 aliphatic heterocycles. The summed E-state index contributed by atoms with van der Waals surface area (Å²) in [6.07, 6.45) is -0.0846. The van der Waals surface area contributed by atoms with Crippen LogP contribution in [0.3, 0.4) is 0 Å². The summed E-state index contributed by atoms with van der Waals surface area (Å²) in [6, 6.07) is 0. The average Bonchev–Trinajstić information content (AvgIpc) is 2.43. The number of esters is 1. The van der Waals surface area contributed by atoms with E-state index in [1.54, 1.807) is 20.8 Å². The van der Waals surface area contributed by atoms with E-state index in [9.17, 15) is 14.4 Å². The van der Waals surface area contributed by atoms with E-state index in [0.29, 0.717) is 13.0 Å². The summed E-state index contributed by atoms with van der Waals surface area (Å²) >= 11 is 0. The van der Waals surface area contributed by atoms with Crippen LogP contribution in [0.1, 0.15) is 27.2 Å². The summed E-state index contributed by atoms with van der Waals surface area (Å²) < 4.78 is 15.0. The Morgan fingerprint density at radius 3 is 2.36 bits per heavy atom. The second kappa shape index (κ2) is 7.58. The molecule has 0 aliphatic carbocycles. The van der Waals surface area contributed by atoms with Gasteiger partial charge in [0.2, 0.25) is 0 Å². The average molecular weight is 315 g/mol. The molecule has 0 bridgehead atoms. The fourth-order valence-corrected chi connectivity index (χ4v) is 2.33. The van der Waals surface area contributed by atoms with Gasteiger partial charge in [0, 0.05) is 32.7 Å². The van der Waals surface area contributed by atoms with E-state index in [0.717, 1.165) is 0 Å². The lowest BCUT2D eigenvalue weighted by Crippen LogP contribution is -2.53. The molecule has 0 aromatic rings. The fraction of sp³-hybridized carbons (Fsp3) is 0.800. The first-order valence-electron chi connectivity index (χ1n) is 7.28. The highest BCUT2D eigenvalue weighted by Crippen LogP contribution is 2.24. The Morgan fingerprint density at radius 1 is 1.23 bits per heavy atom. The molecule has 0 radical (unpaired) electrons. The van der Waals surface area contributed by atoms with Gasteiger partial charge in [0.25, 0.3) is 0 Å². The first kappa shape index (κ1) is 18.4. The highest BCUT2D eigenvalue weighted by atomic mass is 16.6. The summed E-state index contributed by atoms with van der Waals surface area (Å²) in [6.45, 7) is 5.89. The highest BCUT2D eigenvalue weighted by molar-refractivity contribution is 6.01. The Balaban J connectivity index is 2.87. The van der Waals surface area contributed by atoms with Crippen molar-refractivity contribution in [3.05, 3.63) is 0 Å². The number of rotatable bonds is 4. The van der Waals surface area contributed by atoms with E-state index >= 15 is 0 Å². The monoisotopic (exact) mass is 315 g/mol. The summed E-state index contributed by atoms with van der Waals surface area (Å²) in [5.74, 6) is -2.25. The van der Waals surface area contributed by atoms with Crippen molar-refractivity contribution in [1.29, 1.82) is 0 Å². The van der Waals surface area contributed by atoms with Crippen LogP contribution < -0.4 is 0 Å². The second-order valence-corrected chi connectivity index (χ2v) is 6.34. The molecule has 0 saturated carbocycles. The molecule has 0 spiro atoms. The molecule has 1 amide bonds. The molecule has 0 N–H and O–H groups in total. The molecule has 0 aromatic heterocycles. The number of hydrogen-bond donors (Lipinski definition) is 0. The van der Waals surface area contributed by atoms with Crippen molar-refractivity contribution >= 4 is 17.8 Å². The highest BCUT2D eigenvalue weighted by Gasteiger charge is 2.42. The maximum atomic E-state index is 12.3. The first-order valence-corrected chi connectivity index (χ1v) is 7.28. The maximum absolute atomic E-state index is 12.3. The van der Waals surface area contributed by atoms with Gasteiger partial charge in [-0.1, -0.05) is 0 Å². The van der Waals surface area contributed by atoms with Gasteiger partial charge in [0.15, 0.2) is 5.78 Å². The van der Waals surface area contributed by atoms with Gasteiger partial charge in [0.1, 0.15) is 11.5 Å². The number of piperidine rings is 1. The van der Waals surface area contributed by atoms with E-state index in [1.807, 2.05) is 0 Å². The number of Topliss-reactive ketones (excluding diaryl/α,β-unsaturated/α-hetero) is 1. The topological polar surface area (TPSA) is 82.1 Å². The zero-order valence-corrected chi connectivity index (χ0v) is 13.9. The van der Waals surface area contributed by atoms with Crippen LogP contribution in [-0.2, 0) is 23.8 Å². The molecule has 1 aliphatic rings. The third-order valence-electron chi connectivity index (χ3n) is 3.40. The minimum atomic E-state index is -0.965. The smallest absolute Gasteiger partial charge is 0.410 e. The van der Waals surface area contributed by atoms with Crippen molar-refractivity contribution in [3.63, 3.8) is 0 Å². The molecule has 0 aromatic carbocycles. The van der Waals surface area contributed by atoms with Crippen LogP contribution in [0.15, 0.2) is 0 Å². The minimum Gasteiger partial charge on any atom is -0.468 e. The van der Waals surface area contributed by atoms with Crippen LogP contribution in [0.4, 0.5) is 4.79 Å². The van der Waals surface area contributed by atoms with E-state index in [4.69, 9.17) is 9.47 Å². The molecule has 22 heavy (non-hydrogen) atoms. The molecule has 7 heteroatoms. The van der Waals surface area contributed by atoms with Crippen molar-refractivity contribution in [1.82, 2.24) is 4.90 Å². The predicted molar refractivity (Wildman–Crippen MR) is 78.3 cm³/mol. The molecule has 1 rings (SSSR count). The zero-order valence-electron chi connectivity index (χ0n) is 13.9. The van der Waals surface area contributed by atoms with Crippen LogP contribution >= 0.6 is 0 Å². The van der Waals surface area contributed by atoms with Crippen molar-refractivity contribution in [2.45, 2.75) is 32.8 Å². The van der Waals surface area contributed by atoms with E-state index < -0.39 is 29.5 Å². The summed E-state index contributed by atoms with van der Waals surface area (Å²) in [7, 11) is 2.77. The van der Waals surface area contributed by atoms with Gasteiger partial charge in [-0.25, -0.2) is 4.79 Å². The van der Waals surface area contributed by atoms with Gasteiger partial charge in [-0.3, -0.25) is 9.59 Å². The number of hydrogen-bond acceptors (Lipinski definition) is 6. The number of carbonyl (C=O) groups is 3. The zero-order chi connectivity index (χ0) is 16.9. The minimum absolute atomic E-state index is 0.0100. The molecule has 2 atom stereocenters. The second-order valence-electron chi connectivity index (χ2n) is 6.34. The third kappa shape index (κ3) is 4.98. The van der Waals surface area contributed by atoms with Crippen LogP contribution in [0, 0.1) is 11.8 Å². The number of carbonyl (C=O) groups excluding carboxylic acids is 3. The van der Waals surface area contributed by atoms with Crippen LogP contribution in [0.2, 0.25) is 0 Å². The number of likely N-dealkylation sites (tertiary alicyclic amines) is 1. The van der Waals surface area contributed by atoms with E-state index in [2.05, 4.69) is 4.74 Å². The van der Waals surface area contributed by atoms with Crippen LogP contribution in [0.25, 0.3) is 0 Å². The maximum Gasteiger partial charge on any atom is 0.410 e. The lowest BCUT2D eigenvalue weighted by Gasteiger charge is -2.36. The molecule has 1 fully saturated rings. The van der Waals surface area contributed by atoms with Crippen molar-refractivity contribution in [2.24, 2.45) is 11.8 Å². The summed E-state index contributed by atoms with van der Waals surface area (Å²) in [5, 5.41) is 0. The molecular weight excluding hydrogens is 290 g/mol. The third-order valence-corrected chi connectivity index (χ3v) is 3.40. The van der Waals surface area contributed by atoms with Gasteiger partial charge < -0.3 is 19.1 Å². The molecule has 2 unspecified atom stereocenters. The Morgan fingerprint density at radius 2 is 1.86 bits per heavy atom. The van der Waals surface area contributed by atoms with Gasteiger partial charge in [-0.05, 0) is 27.2 Å². The Labute approximate surface area is 130 Å². The SMILES string of the molecule is COCCC1CN(C(=O)OC(C)(C)C)CC(C(=O)OC)C1=O. The van der Waals surface area contributed by atoms with Crippen molar-refractivity contribution in [2.75, 3.05) is 33.9 Å². The fourth-order valence-electron chi connectivity index (χ4n) is 2.33. The molecule has 7 nitrogen and oxygen atoms in total. The Kier molecular flexibility index (Phi) is 6.34. The quantitative estimate of drug-likeness (QED) is 0.573. The predicted octanol–water partition coefficient (Wildman–Crippen LogP) is 1.25. The molecule has 126 valence electrons. The Bertz CT molecular complexity index is 428. The van der Waals surface area contributed by atoms with Gasteiger partial charge >= 0.3 is 12.1 Å². The van der Waals surface area contributed by atoms with E-state index in [-0.39, 0.29) is 18.9 Å². The van der Waals surface area contributed by atoms with Crippen LogP contribution in [0.5, 0.6) is 0 Å². The van der Waals surface area contributed by atoms with Crippen molar-refractivity contribution in [3.8, 4) is 0 Å². The lowest BCUT2D eigenvalue weighted by molar-refractivity contribution is -0.153.